The van der Waals surface area contributed by atoms with Gasteiger partial charge in [-0.15, -0.1) is 22.7 Å². The van der Waals surface area contributed by atoms with Crippen molar-refractivity contribution in [1.82, 2.24) is 0 Å². The normalized spacial score (nSPS) is 19.7. The summed E-state index contributed by atoms with van der Waals surface area (Å²) in [5.41, 5.74) is 20.0. The van der Waals surface area contributed by atoms with E-state index in [-0.39, 0.29) is 44.7 Å². The van der Waals surface area contributed by atoms with Crippen molar-refractivity contribution in [2.75, 3.05) is 14.7 Å². The van der Waals surface area contributed by atoms with Gasteiger partial charge in [0.1, 0.15) is 0 Å². The Morgan fingerprint density at radius 1 is 0.419 bits per heavy atom. The molecule has 1 saturated carbocycles. The molecule has 0 saturated heterocycles. The van der Waals surface area contributed by atoms with Gasteiger partial charge < -0.3 is 14.7 Å². The molecule has 3 nitrogen and oxygen atoms in total. The lowest BCUT2D eigenvalue weighted by Crippen LogP contribution is -2.59. The van der Waals surface area contributed by atoms with Gasteiger partial charge in [-0.2, -0.15) is 0 Å². The van der Waals surface area contributed by atoms with Gasteiger partial charge in [0.15, 0.2) is 0 Å². The van der Waals surface area contributed by atoms with Crippen LogP contribution >= 0.6 is 22.7 Å². The Labute approximate surface area is 452 Å². The van der Waals surface area contributed by atoms with Crippen LogP contribution in [0.5, 0.6) is 0 Å². The summed E-state index contributed by atoms with van der Waals surface area (Å²) >= 11 is 4.04. The van der Waals surface area contributed by atoms with Crippen molar-refractivity contribution in [3.05, 3.63) is 149 Å². The minimum absolute atomic E-state index is 0.00944. The molecule has 1 fully saturated rings. The molecule has 0 N–H and O–H groups in total. The van der Waals surface area contributed by atoms with Gasteiger partial charge in [0, 0.05) is 69.3 Å². The Hall–Kier alpha value is -5.30. The smallest absolute Gasteiger partial charge is 0.277 e. The highest BCUT2D eigenvalue weighted by Crippen LogP contribution is 2.63. The molecule has 6 aromatic carbocycles. The number of hydrogen-bond acceptors (Lipinski definition) is 5. The second kappa shape index (κ2) is 16.1. The molecule has 12 rings (SSSR count). The third kappa shape index (κ3) is 7.37. The maximum atomic E-state index is 2.85. The number of thiophene rings is 2. The standard InChI is InChI=1S/C68H78BN3S2/c1-62(2,3)41-20-27-46(28-21-41)70-53-39-48(72-52-31-24-45(66(13,14)15)38-51(52)67(16)34-18-19-35-68(67,72)17)40-54-57(53)69(60-58(70)49-36-43(64(7,8)9)25-32-55(49)73-60)61-59(50-37-44(65(10,11)12)26-33-56(50)74-61)71(54)47-29-22-42(23-30-47)63(4,5)6/h20-33,36-40H,18-19,34-35H2,1-17H3. The van der Waals surface area contributed by atoms with Crippen LogP contribution in [0.25, 0.3) is 20.2 Å². The summed E-state index contributed by atoms with van der Waals surface area (Å²) in [6, 6.07) is 46.8. The van der Waals surface area contributed by atoms with Crippen LogP contribution in [0.4, 0.5) is 45.5 Å². The van der Waals surface area contributed by atoms with E-state index >= 15 is 0 Å². The molecule has 0 radical (unpaired) electrons. The molecule has 0 spiro atoms. The van der Waals surface area contributed by atoms with E-state index in [1.54, 1.807) is 0 Å². The molecule has 1 aliphatic carbocycles. The molecule has 2 aromatic heterocycles. The summed E-state index contributed by atoms with van der Waals surface area (Å²) in [6.45, 7) is 40.5. The molecule has 380 valence electrons. The van der Waals surface area contributed by atoms with Gasteiger partial charge in [0.2, 0.25) is 0 Å². The van der Waals surface area contributed by atoms with Crippen LogP contribution in [0.2, 0.25) is 0 Å². The van der Waals surface area contributed by atoms with Crippen molar-refractivity contribution < 1.29 is 0 Å². The fourth-order valence-corrected chi connectivity index (χ4v) is 16.0. The number of fused-ring (bicyclic) bond motifs is 11. The second-order valence-electron chi connectivity index (χ2n) is 28.3. The zero-order valence-corrected chi connectivity index (χ0v) is 49.2. The highest BCUT2D eigenvalue weighted by molar-refractivity contribution is 7.40. The fourth-order valence-electron chi connectivity index (χ4n) is 13.4. The lowest BCUT2D eigenvalue weighted by molar-refractivity contribution is 0.195. The molecular weight excluding hydrogens is 934 g/mol. The molecule has 3 aliphatic heterocycles. The van der Waals surface area contributed by atoms with Gasteiger partial charge in [-0.1, -0.05) is 172 Å². The van der Waals surface area contributed by atoms with E-state index in [1.807, 2.05) is 22.7 Å². The third-order valence-corrected chi connectivity index (χ3v) is 20.6. The van der Waals surface area contributed by atoms with E-state index in [1.165, 1.54) is 133 Å². The van der Waals surface area contributed by atoms with E-state index in [0.29, 0.717) is 0 Å². The minimum atomic E-state index is -0.143. The van der Waals surface area contributed by atoms with E-state index < -0.39 is 0 Å². The highest BCUT2D eigenvalue weighted by Gasteiger charge is 2.58. The van der Waals surface area contributed by atoms with Crippen molar-refractivity contribution in [3.63, 3.8) is 0 Å². The summed E-state index contributed by atoms with van der Waals surface area (Å²) in [6.07, 6.45) is 4.79. The average molecular weight is 1010 g/mol. The molecule has 0 bridgehead atoms. The van der Waals surface area contributed by atoms with Crippen LogP contribution in [0.1, 0.15) is 177 Å². The van der Waals surface area contributed by atoms with E-state index in [9.17, 15) is 0 Å². The maximum absolute atomic E-state index is 2.85. The maximum Gasteiger partial charge on any atom is 0.277 e. The number of rotatable bonds is 3. The first kappa shape index (κ1) is 49.6. The molecule has 0 amide bonds. The van der Waals surface area contributed by atoms with Crippen LogP contribution < -0.4 is 29.7 Å². The Kier molecular flexibility index (Phi) is 10.8. The fraction of sp³-hybridized carbons (Fsp3) is 0.412. The average Bonchev–Trinajstić information content (AvgIpc) is 4.02. The Bertz CT molecular complexity index is 3390. The van der Waals surface area contributed by atoms with Crippen molar-refractivity contribution >= 4 is 110 Å². The molecule has 6 heteroatoms. The number of nitrogens with zero attached hydrogens (tertiary/aromatic N) is 3. The Balaban J connectivity index is 1.24. The first-order valence-electron chi connectivity index (χ1n) is 27.7. The van der Waals surface area contributed by atoms with Crippen LogP contribution in [0, 0.1) is 0 Å². The topological polar surface area (TPSA) is 9.72 Å². The summed E-state index contributed by atoms with van der Waals surface area (Å²) in [5, 5.41) is 2.70. The summed E-state index contributed by atoms with van der Waals surface area (Å²) in [4.78, 5) is 8.27. The van der Waals surface area contributed by atoms with Crippen molar-refractivity contribution in [2.24, 2.45) is 0 Å². The van der Waals surface area contributed by atoms with Crippen molar-refractivity contribution in [3.8, 4) is 0 Å². The molecule has 2 unspecified atom stereocenters. The van der Waals surface area contributed by atoms with Crippen LogP contribution in [-0.4, -0.2) is 12.3 Å². The third-order valence-electron chi connectivity index (χ3n) is 18.2. The first-order valence-corrected chi connectivity index (χ1v) is 29.3. The highest BCUT2D eigenvalue weighted by atomic mass is 32.1. The van der Waals surface area contributed by atoms with E-state index in [2.05, 4.69) is 248 Å². The predicted octanol–water partition coefficient (Wildman–Crippen LogP) is 18.4. The quantitative estimate of drug-likeness (QED) is 0.163. The van der Waals surface area contributed by atoms with E-state index in [4.69, 9.17) is 0 Å². The van der Waals surface area contributed by atoms with Gasteiger partial charge in [0.05, 0.1) is 16.9 Å². The Morgan fingerprint density at radius 2 is 0.811 bits per heavy atom. The summed E-state index contributed by atoms with van der Waals surface area (Å²) in [7, 11) is 0. The predicted molar refractivity (Wildman–Crippen MR) is 328 cm³/mol. The van der Waals surface area contributed by atoms with Gasteiger partial charge in [-0.25, -0.2) is 0 Å². The van der Waals surface area contributed by atoms with Gasteiger partial charge in [-0.05, 0) is 152 Å². The van der Waals surface area contributed by atoms with Gasteiger partial charge in [-0.3, -0.25) is 0 Å². The minimum Gasteiger partial charge on any atom is -0.334 e. The Morgan fingerprint density at radius 3 is 1.24 bits per heavy atom. The summed E-state index contributed by atoms with van der Waals surface area (Å²) < 4.78 is 5.57. The zero-order chi connectivity index (χ0) is 52.6. The lowest BCUT2D eigenvalue weighted by atomic mass is 9.39. The molecule has 5 heterocycles. The number of benzene rings is 6. The van der Waals surface area contributed by atoms with Crippen LogP contribution in [-0.2, 0) is 32.5 Å². The van der Waals surface area contributed by atoms with Crippen LogP contribution in [0.3, 0.4) is 0 Å². The van der Waals surface area contributed by atoms with Gasteiger partial charge >= 0.3 is 0 Å². The SMILES string of the molecule is CC(C)(C)c1ccc(N2c3cc(N4c5ccc(C(C)(C)C)cc5C5(C)CCCCC45C)cc4c3B(c3sc5ccc(C(C)(C)C)cc5c32)c2sc3ccc(C(C)(C)C)cc3c2N4c2ccc(C(C)(C)C)cc2)cc1. The zero-order valence-electron chi connectivity index (χ0n) is 47.5. The van der Waals surface area contributed by atoms with Crippen molar-refractivity contribution in [2.45, 2.75) is 181 Å². The molecule has 8 aromatic rings. The molecule has 2 atom stereocenters. The monoisotopic (exact) mass is 1010 g/mol. The molecular formula is C68H78BN3S2. The van der Waals surface area contributed by atoms with E-state index in [0.717, 1.165) is 6.42 Å². The number of anilines is 8. The largest absolute Gasteiger partial charge is 0.334 e. The summed E-state index contributed by atoms with van der Waals surface area (Å²) in [5.74, 6) is 0. The van der Waals surface area contributed by atoms with Crippen molar-refractivity contribution in [1.29, 1.82) is 0 Å². The molecule has 4 aliphatic rings. The molecule has 74 heavy (non-hydrogen) atoms. The van der Waals surface area contributed by atoms with Crippen LogP contribution in [0.15, 0.2) is 115 Å². The lowest BCUT2D eigenvalue weighted by Gasteiger charge is -2.51. The first-order chi connectivity index (χ1) is 34.6. The second-order valence-corrected chi connectivity index (χ2v) is 30.4. The van der Waals surface area contributed by atoms with Gasteiger partial charge in [0.25, 0.3) is 6.71 Å². The number of hydrogen-bond donors (Lipinski definition) is 0.